The quantitative estimate of drug-likeness (QED) is 0.503. The van der Waals surface area contributed by atoms with Gasteiger partial charge in [-0.15, -0.1) is 0 Å². The minimum atomic E-state index is 0.342. The fourth-order valence-corrected chi connectivity index (χ4v) is 3.96. The van der Waals surface area contributed by atoms with Crippen molar-refractivity contribution in [1.82, 2.24) is 4.98 Å². The first-order valence-corrected chi connectivity index (χ1v) is 10.4. The number of benzene rings is 1. The Morgan fingerprint density at radius 2 is 1.85 bits per heavy atom. The molecule has 0 aliphatic rings. The molecule has 0 radical (unpaired) electrons. The van der Waals surface area contributed by atoms with Crippen molar-refractivity contribution in [3.63, 3.8) is 0 Å². The monoisotopic (exact) mass is 364 g/mol. The summed E-state index contributed by atoms with van der Waals surface area (Å²) >= 11 is 0. The van der Waals surface area contributed by atoms with Crippen LogP contribution in [0.2, 0.25) is 0 Å². The van der Waals surface area contributed by atoms with E-state index in [9.17, 15) is 0 Å². The number of aryl methyl sites for hydroxylation is 3. The zero-order valence-electron chi connectivity index (χ0n) is 18.3. The molecular weight excluding hydrogens is 328 g/mol. The maximum Gasteiger partial charge on any atom is 0.0555 e. The van der Waals surface area contributed by atoms with Crippen LogP contribution in [0.1, 0.15) is 80.1 Å². The predicted octanol–water partition coefficient (Wildman–Crippen LogP) is 6.97. The lowest BCUT2D eigenvalue weighted by molar-refractivity contribution is 0.591. The van der Waals surface area contributed by atoms with Gasteiger partial charge in [-0.3, -0.25) is 4.98 Å². The van der Waals surface area contributed by atoms with Crippen molar-refractivity contribution in [3.05, 3.63) is 64.0 Å². The number of hydrogen-bond donors (Lipinski definition) is 0. The first-order chi connectivity index (χ1) is 13.0. The molecule has 1 atom stereocenters. The lowest BCUT2D eigenvalue weighted by Crippen LogP contribution is -2.31. The lowest BCUT2D eigenvalue weighted by atomic mass is 9.92. The number of aromatic nitrogens is 1. The molecule has 1 aromatic carbocycles. The average Bonchev–Trinajstić information content (AvgIpc) is 2.67. The minimum Gasteiger partial charge on any atom is -0.364 e. The van der Waals surface area contributed by atoms with Crippen LogP contribution in [0.25, 0.3) is 6.08 Å². The van der Waals surface area contributed by atoms with Gasteiger partial charge in [-0.1, -0.05) is 45.1 Å². The van der Waals surface area contributed by atoms with Gasteiger partial charge in [0, 0.05) is 29.7 Å². The van der Waals surface area contributed by atoms with Gasteiger partial charge in [0.15, 0.2) is 0 Å². The molecule has 0 spiro atoms. The molecule has 2 heteroatoms. The Bertz CT molecular complexity index is 772. The van der Waals surface area contributed by atoms with E-state index < -0.39 is 0 Å². The van der Waals surface area contributed by atoms with Crippen LogP contribution in [0.5, 0.6) is 0 Å². The molecule has 1 unspecified atom stereocenters. The van der Waals surface area contributed by atoms with E-state index in [1.807, 2.05) is 0 Å². The molecule has 0 saturated heterocycles. The van der Waals surface area contributed by atoms with Crippen LogP contribution >= 0.6 is 0 Å². The van der Waals surface area contributed by atoms with Crippen molar-refractivity contribution in [2.45, 2.75) is 73.8 Å². The SMILES string of the molecule is C/C=C\c1c(C)c(C)cc(CC)c1N(CCC)C(CC)c1ccc(C)nc1. The van der Waals surface area contributed by atoms with E-state index in [1.165, 1.54) is 33.5 Å². The van der Waals surface area contributed by atoms with E-state index >= 15 is 0 Å². The summed E-state index contributed by atoms with van der Waals surface area (Å²) < 4.78 is 0. The highest BCUT2D eigenvalue weighted by Gasteiger charge is 2.24. The van der Waals surface area contributed by atoms with E-state index in [0.29, 0.717) is 6.04 Å². The van der Waals surface area contributed by atoms with E-state index in [0.717, 1.165) is 31.5 Å². The molecule has 1 heterocycles. The highest BCUT2D eigenvalue weighted by Crippen LogP contribution is 2.38. The zero-order chi connectivity index (χ0) is 20.0. The molecule has 0 aliphatic heterocycles. The summed E-state index contributed by atoms with van der Waals surface area (Å²) in [6.45, 7) is 16.5. The van der Waals surface area contributed by atoms with Crippen LogP contribution in [-0.4, -0.2) is 11.5 Å². The normalized spacial score (nSPS) is 12.6. The van der Waals surface area contributed by atoms with Crippen molar-refractivity contribution in [2.75, 3.05) is 11.4 Å². The summed E-state index contributed by atoms with van der Waals surface area (Å²) in [7, 11) is 0. The molecule has 27 heavy (non-hydrogen) atoms. The highest BCUT2D eigenvalue weighted by molar-refractivity contribution is 5.75. The van der Waals surface area contributed by atoms with Crippen molar-refractivity contribution >= 4 is 11.8 Å². The molecule has 146 valence electrons. The highest BCUT2D eigenvalue weighted by atomic mass is 15.2. The van der Waals surface area contributed by atoms with Crippen LogP contribution in [0.3, 0.4) is 0 Å². The summed E-state index contributed by atoms with van der Waals surface area (Å²) in [5.74, 6) is 0. The van der Waals surface area contributed by atoms with Crippen LogP contribution in [0.15, 0.2) is 30.5 Å². The Balaban J connectivity index is 2.70. The first-order valence-electron chi connectivity index (χ1n) is 10.4. The van der Waals surface area contributed by atoms with Gasteiger partial charge < -0.3 is 4.90 Å². The topological polar surface area (TPSA) is 16.1 Å². The molecule has 2 nitrogen and oxygen atoms in total. The van der Waals surface area contributed by atoms with Gasteiger partial charge in [0.2, 0.25) is 0 Å². The fraction of sp³-hybridized carbons (Fsp3) is 0.480. The van der Waals surface area contributed by atoms with Crippen LogP contribution in [0, 0.1) is 20.8 Å². The Labute approximate surface area is 166 Å². The summed E-state index contributed by atoms with van der Waals surface area (Å²) in [6, 6.07) is 7.12. The molecule has 0 N–H and O–H groups in total. The average molecular weight is 365 g/mol. The Hall–Kier alpha value is -2.09. The molecule has 0 bridgehead atoms. The smallest absolute Gasteiger partial charge is 0.0555 e. The summed E-state index contributed by atoms with van der Waals surface area (Å²) in [4.78, 5) is 7.21. The van der Waals surface area contributed by atoms with Gasteiger partial charge in [-0.2, -0.15) is 0 Å². The minimum absolute atomic E-state index is 0.342. The Kier molecular flexibility index (Phi) is 7.65. The van der Waals surface area contributed by atoms with E-state index in [1.54, 1.807) is 0 Å². The Morgan fingerprint density at radius 1 is 1.11 bits per heavy atom. The summed E-state index contributed by atoms with van der Waals surface area (Å²) in [6.07, 6.45) is 9.76. The largest absolute Gasteiger partial charge is 0.364 e. The summed E-state index contributed by atoms with van der Waals surface area (Å²) in [5.41, 5.74) is 9.38. The van der Waals surface area contributed by atoms with E-state index in [-0.39, 0.29) is 0 Å². The van der Waals surface area contributed by atoms with Crippen LogP contribution in [-0.2, 0) is 6.42 Å². The van der Waals surface area contributed by atoms with E-state index in [2.05, 4.69) is 94.9 Å². The fourth-order valence-electron chi connectivity index (χ4n) is 3.96. The van der Waals surface area contributed by atoms with Gasteiger partial charge in [-0.25, -0.2) is 0 Å². The number of anilines is 1. The van der Waals surface area contributed by atoms with Gasteiger partial charge in [0.1, 0.15) is 0 Å². The predicted molar refractivity (Wildman–Crippen MR) is 120 cm³/mol. The van der Waals surface area contributed by atoms with Gasteiger partial charge >= 0.3 is 0 Å². The van der Waals surface area contributed by atoms with Gasteiger partial charge in [0.05, 0.1) is 6.04 Å². The molecule has 0 fully saturated rings. The molecule has 2 aromatic rings. The van der Waals surface area contributed by atoms with Crippen molar-refractivity contribution in [1.29, 1.82) is 0 Å². The van der Waals surface area contributed by atoms with Crippen molar-refractivity contribution in [2.24, 2.45) is 0 Å². The number of hydrogen-bond acceptors (Lipinski definition) is 2. The van der Waals surface area contributed by atoms with Crippen molar-refractivity contribution in [3.8, 4) is 0 Å². The number of nitrogens with zero attached hydrogens (tertiary/aromatic N) is 2. The van der Waals surface area contributed by atoms with E-state index in [4.69, 9.17) is 0 Å². The van der Waals surface area contributed by atoms with Crippen LogP contribution < -0.4 is 4.90 Å². The molecule has 0 saturated carbocycles. The maximum atomic E-state index is 4.58. The number of pyridine rings is 1. The third-order valence-electron chi connectivity index (χ3n) is 5.49. The van der Waals surface area contributed by atoms with Crippen molar-refractivity contribution < 1.29 is 0 Å². The molecule has 1 aromatic heterocycles. The summed E-state index contributed by atoms with van der Waals surface area (Å²) in [5, 5.41) is 0. The number of rotatable bonds is 8. The van der Waals surface area contributed by atoms with Crippen LogP contribution in [0.4, 0.5) is 5.69 Å². The second-order valence-corrected chi connectivity index (χ2v) is 7.44. The number of allylic oxidation sites excluding steroid dienone is 1. The second kappa shape index (κ2) is 9.73. The third-order valence-corrected chi connectivity index (χ3v) is 5.49. The molecular formula is C25H36N2. The van der Waals surface area contributed by atoms with Gasteiger partial charge in [0.25, 0.3) is 0 Å². The second-order valence-electron chi connectivity index (χ2n) is 7.44. The van der Waals surface area contributed by atoms with Gasteiger partial charge in [-0.05, 0) is 75.3 Å². The lowest BCUT2D eigenvalue weighted by Gasteiger charge is -2.37. The molecule has 0 aliphatic carbocycles. The Morgan fingerprint density at radius 3 is 2.37 bits per heavy atom. The molecule has 0 amide bonds. The zero-order valence-corrected chi connectivity index (χ0v) is 18.3. The standard InChI is InChI=1S/C25H36N2/c1-8-12-23-20(7)18(5)16-21(10-3)25(23)27(15-9-2)24(11-4)22-14-13-19(6)26-17-22/h8,12-14,16-17,24H,9-11,15H2,1-7H3/b12-8-. The first kappa shape index (κ1) is 21.2. The maximum absolute atomic E-state index is 4.58. The third kappa shape index (κ3) is 4.61. The molecule has 2 rings (SSSR count).